The van der Waals surface area contributed by atoms with E-state index < -0.39 is 10.0 Å². The Kier molecular flexibility index (Phi) is 5.89. The summed E-state index contributed by atoms with van der Waals surface area (Å²) >= 11 is 0. The Hall–Kier alpha value is -3.32. The summed E-state index contributed by atoms with van der Waals surface area (Å²) in [6.45, 7) is 3.91. The minimum absolute atomic E-state index is 0.0474. The first-order valence-electron chi connectivity index (χ1n) is 8.94. The highest BCUT2D eigenvalue weighted by Crippen LogP contribution is 2.22. The van der Waals surface area contributed by atoms with Gasteiger partial charge in [-0.25, -0.2) is 8.42 Å². The van der Waals surface area contributed by atoms with Crippen LogP contribution in [0.15, 0.2) is 71.6 Å². The lowest BCUT2D eigenvalue weighted by Crippen LogP contribution is -2.15. The summed E-state index contributed by atoms with van der Waals surface area (Å²) in [6.07, 6.45) is 0. The Balaban J connectivity index is 1.78. The predicted molar refractivity (Wildman–Crippen MR) is 114 cm³/mol. The topological polar surface area (TPSA) is 84.5 Å². The van der Waals surface area contributed by atoms with Gasteiger partial charge in [-0.1, -0.05) is 12.1 Å². The van der Waals surface area contributed by atoms with Crippen LogP contribution in [0.25, 0.3) is 0 Å². The first-order valence-corrected chi connectivity index (χ1v) is 10.4. The largest absolute Gasteiger partial charge is 0.497 e. The SMILES string of the molecule is COc1ccc(NS(=O)(=O)c2cccc(NC(=O)c3ccc(C)c(C)c3)c2)cc1. The molecule has 6 nitrogen and oxygen atoms in total. The first-order chi connectivity index (χ1) is 13.8. The number of rotatable bonds is 6. The normalized spacial score (nSPS) is 11.0. The van der Waals surface area contributed by atoms with Crippen LogP contribution in [0.1, 0.15) is 21.5 Å². The lowest BCUT2D eigenvalue weighted by molar-refractivity contribution is 0.102. The Morgan fingerprint density at radius 3 is 2.24 bits per heavy atom. The van der Waals surface area contributed by atoms with Crippen LogP contribution in [0, 0.1) is 13.8 Å². The molecule has 0 bridgehead atoms. The fraction of sp³-hybridized carbons (Fsp3) is 0.136. The van der Waals surface area contributed by atoms with Crippen molar-refractivity contribution in [3.63, 3.8) is 0 Å². The van der Waals surface area contributed by atoms with Gasteiger partial charge in [0.15, 0.2) is 0 Å². The van der Waals surface area contributed by atoms with Crippen molar-refractivity contribution in [2.45, 2.75) is 18.7 Å². The molecule has 0 aromatic heterocycles. The third-order valence-corrected chi connectivity index (χ3v) is 5.89. The molecule has 7 heteroatoms. The van der Waals surface area contributed by atoms with Gasteiger partial charge in [-0.15, -0.1) is 0 Å². The van der Waals surface area contributed by atoms with Gasteiger partial charge in [-0.05, 0) is 79.6 Å². The average molecular weight is 410 g/mol. The predicted octanol–water partition coefficient (Wildman–Crippen LogP) is 4.37. The van der Waals surface area contributed by atoms with Crippen molar-refractivity contribution < 1.29 is 17.9 Å². The lowest BCUT2D eigenvalue weighted by Gasteiger charge is -2.11. The molecule has 150 valence electrons. The van der Waals surface area contributed by atoms with Gasteiger partial charge in [-0.3, -0.25) is 9.52 Å². The molecule has 0 saturated carbocycles. The zero-order chi connectivity index (χ0) is 21.0. The summed E-state index contributed by atoms with van der Waals surface area (Å²) in [7, 11) is -2.27. The van der Waals surface area contributed by atoms with Crippen molar-refractivity contribution in [3.8, 4) is 5.75 Å². The van der Waals surface area contributed by atoms with Crippen molar-refractivity contribution in [2.24, 2.45) is 0 Å². The number of carbonyl (C=O) groups is 1. The second-order valence-corrected chi connectivity index (χ2v) is 8.30. The molecule has 2 N–H and O–H groups in total. The zero-order valence-corrected chi connectivity index (χ0v) is 17.2. The van der Waals surface area contributed by atoms with Gasteiger partial charge >= 0.3 is 0 Å². The third kappa shape index (κ3) is 4.94. The molecular formula is C22H22N2O4S. The van der Waals surface area contributed by atoms with Crippen LogP contribution in [0.2, 0.25) is 0 Å². The van der Waals surface area contributed by atoms with Crippen LogP contribution in [-0.4, -0.2) is 21.4 Å². The molecule has 0 aliphatic carbocycles. The highest BCUT2D eigenvalue weighted by atomic mass is 32.2. The summed E-state index contributed by atoms with van der Waals surface area (Å²) < 4.78 is 33.0. The van der Waals surface area contributed by atoms with Crippen LogP contribution in [0.4, 0.5) is 11.4 Å². The maximum atomic E-state index is 12.7. The first kappa shape index (κ1) is 20.4. The van der Waals surface area contributed by atoms with Crippen molar-refractivity contribution >= 4 is 27.3 Å². The third-order valence-electron chi connectivity index (χ3n) is 4.51. The van der Waals surface area contributed by atoms with E-state index in [4.69, 9.17) is 4.74 Å². The molecule has 0 spiro atoms. The van der Waals surface area contributed by atoms with E-state index in [1.807, 2.05) is 19.9 Å². The monoisotopic (exact) mass is 410 g/mol. The molecule has 0 radical (unpaired) electrons. The van der Waals surface area contributed by atoms with E-state index in [9.17, 15) is 13.2 Å². The van der Waals surface area contributed by atoms with Crippen LogP contribution in [0.3, 0.4) is 0 Å². The zero-order valence-electron chi connectivity index (χ0n) is 16.4. The number of carbonyl (C=O) groups excluding carboxylic acids is 1. The molecule has 0 unspecified atom stereocenters. The summed E-state index contributed by atoms with van der Waals surface area (Å²) in [5.41, 5.74) is 3.43. The highest BCUT2D eigenvalue weighted by Gasteiger charge is 2.16. The van der Waals surface area contributed by atoms with Crippen LogP contribution in [0.5, 0.6) is 5.75 Å². The van der Waals surface area contributed by atoms with Crippen molar-refractivity contribution in [1.82, 2.24) is 0 Å². The number of aryl methyl sites for hydroxylation is 2. The number of methoxy groups -OCH3 is 1. The molecule has 0 fully saturated rings. The van der Waals surface area contributed by atoms with Crippen LogP contribution < -0.4 is 14.8 Å². The standard InChI is InChI=1S/C22H22N2O4S/c1-15-7-8-17(13-16(15)2)22(25)23-19-5-4-6-21(14-19)29(26,27)24-18-9-11-20(28-3)12-10-18/h4-14,24H,1-3H3,(H,23,25). The fourth-order valence-electron chi connectivity index (χ4n) is 2.70. The van der Waals surface area contributed by atoms with E-state index in [1.54, 1.807) is 48.5 Å². The molecule has 3 aromatic rings. The average Bonchev–Trinajstić information content (AvgIpc) is 2.70. The summed E-state index contributed by atoms with van der Waals surface area (Å²) in [4.78, 5) is 12.5. The summed E-state index contributed by atoms with van der Waals surface area (Å²) in [5.74, 6) is 0.328. The number of hydrogen-bond acceptors (Lipinski definition) is 4. The van der Waals surface area contributed by atoms with Gasteiger partial charge in [0.1, 0.15) is 5.75 Å². The van der Waals surface area contributed by atoms with E-state index in [2.05, 4.69) is 10.0 Å². The maximum absolute atomic E-state index is 12.7. The molecular weight excluding hydrogens is 388 g/mol. The minimum atomic E-state index is -3.81. The second kappa shape index (κ2) is 8.36. The van der Waals surface area contributed by atoms with E-state index >= 15 is 0 Å². The molecule has 3 aromatic carbocycles. The van der Waals surface area contributed by atoms with Crippen molar-refractivity contribution in [3.05, 3.63) is 83.4 Å². The number of nitrogens with one attached hydrogen (secondary N) is 2. The van der Waals surface area contributed by atoms with Crippen LogP contribution in [-0.2, 0) is 10.0 Å². The van der Waals surface area contributed by atoms with E-state index in [0.717, 1.165) is 11.1 Å². The molecule has 0 aliphatic rings. The summed E-state index contributed by atoms with van der Waals surface area (Å²) in [6, 6.07) is 18.1. The maximum Gasteiger partial charge on any atom is 0.261 e. The smallest absolute Gasteiger partial charge is 0.261 e. The number of ether oxygens (including phenoxy) is 1. The Morgan fingerprint density at radius 1 is 0.862 bits per heavy atom. The van der Waals surface area contributed by atoms with Gasteiger partial charge in [0.2, 0.25) is 0 Å². The van der Waals surface area contributed by atoms with Crippen LogP contribution >= 0.6 is 0 Å². The fourth-order valence-corrected chi connectivity index (χ4v) is 3.80. The lowest BCUT2D eigenvalue weighted by atomic mass is 10.1. The van der Waals surface area contributed by atoms with E-state index in [0.29, 0.717) is 22.7 Å². The molecule has 1 amide bonds. The minimum Gasteiger partial charge on any atom is -0.497 e. The van der Waals surface area contributed by atoms with Gasteiger partial charge in [0, 0.05) is 16.9 Å². The van der Waals surface area contributed by atoms with Gasteiger partial charge in [0.05, 0.1) is 12.0 Å². The Labute approximate surface area is 170 Å². The van der Waals surface area contributed by atoms with E-state index in [-0.39, 0.29) is 10.8 Å². The number of anilines is 2. The number of amides is 1. The summed E-state index contributed by atoms with van der Waals surface area (Å²) in [5, 5.41) is 2.75. The molecule has 0 saturated heterocycles. The van der Waals surface area contributed by atoms with E-state index in [1.165, 1.54) is 19.2 Å². The van der Waals surface area contributed by atoms with Crippen molar-refractivity contribution in [1.29, 1.82) is 0 Å². The molecule has 0 aliphatic heterocycles. The molecule has 0 atom stereocenters. The second-order valence-electron chi connectivity index (χ2n) is 6.61. The van der Waals surface area contributed by atoms with Gasteiger partial charge in [-0.2, -0.15) is 0 Å². The number of benzene rings is 3. The van der Waals surface area contributed by atoms with Gasteiger partial charge in [0.25, 0.3) is 15.9 Å². The number of sulfonamides is 1. The number of hydrogen-bond donors (Lipinski definition) is 2. The quantitative estimate of drug-likeness (QED) is 0.632. The highest BCUT2D eigenvalue weighted by molar-refractivity contribution is 7.92. The Morgan fingerprint density at radius 2 is 1.59 bits per heavy atom. The molecule has 0 heterocycles. The molecule has 29 heavy (non-hydrogen) atoms. The van der Waals surface area contributed by atoms with Gasteiger partial charge < -0.3 is 10.1 Å². The molecule has 3 rings (SSSR count). The van der Waals surface area contributed by atoms with Crippen molar-refractivity contribution in [2.75, 3.05) is 17.1 Å². The Bertz CT molecular complexity index is 1140.